The quantitative estimate of drug-likeness (QED) is 0.207. The monoisotopic (exact) mass is 569 g/mol. The summed E-state index contributed by atoms with van der Waals surface area (Å²) in [5, 5.41) is 11.8. The number of aromatic nitrogens is 3. The van der Waals surface area contributed by atoms with Crippen molar-refractivity contribution < 1.29 is 28.6 Å². The van der Waals surface area contributed by atoms with Gasteiger partial charge in [-0.05, 0) is 25.0 Å². The van der Waals surface area contributed by atoms with E-state index in [0.717, 1.165) is 22.9 Å². The van der Waals surface area contributed by atoms with Crippen LogP contribution in [0.3, 0.4) is 0 Å². The van der Waals surface area contributed by atoms with Gasteiger partial charge in [-0.1, -0.05) is 72.4 Å². The topological polar surface area (TPSA) is 148 Å². The fourth-order valence-corrected chi connectivity index (χ4v) is 4.25. The number of rotatable bonds is 15. The van der Waals surface area contributed by atoms with Gasteiger partial charge in [-0.15, -0.1) is 10.2 Å². The number of methoxy groups -OCH3 is 1. The number of nitrogens with two attached hydrogens (primary N) is 1. The SMILES string of the molecule is COC(=O)CCn1c(SCC(=O)OCc2ccccc2)nnc1C(COCc1ccccc1)NC(=O)C(C)(C)N. The number of nitrogens with one attached hydrogen (secondary N) is 1. The van der Waals surface area contributed by atoms with Crippen LogP contribution >= 0.6 is 11.8 Å². The van der Waals surface area contributed by atoms with Crippen molar-refractivity contribution in [3.05, 3.63) is 77.6 Å². The van der Waals surface area contributed by atoms with Crippen LogP contribution in [0.1, 0.15) is 43.3 Å². The second-order valence-corrected chi connectivity index (χ2v) is 10.4. The molecule has 0 radical (unpaired) electrons. The van der Waals surface area contributed by atoms with Gasteiger partial charge in [0.1, 0.15) is 12.6 Å². The van der Waals surface area contributed by atoms with Crippen molar-refractivity contribution in [1.29, 1.82) is 0 Å². The summed E-state index contributed by atoms with van der Waals surface area (Å²) in [5.41, 5.74) is 6.70. The van der Waals surface area contributed by atoms with Crippen molar-refractivity contribution in [3.8, 4) is 0 Å². The Morgan fingerprint density at radius 2 is 1.60 bits per heavy atom. The molecule has 0 spiro atoms. The normalized spacial score (nSPS) is 12.0. The van der Waals surface area contributed by atoms with E-state index in [2.05, 4.69) is 15.5 Å². The summed E-state index contributed by atoms with van der Waals surface area (Å²) in [6.45, 7) is 3.88. The number of ether oxygens (including phenoxy) is 3. The lowest BCUT2D eigenvalue weighted by Gasteiger charge is -2.24. The van der Waals surface area contributed by atoms with Gasteiger partial charge in [-0.2, -0.15) is 0 Å². The van der Waals surface area contributed by atoms with Gasteiger partial charge >= 0.3 is 11.9 Å². The average Bonchev–Trinajstić information content (AvgIpc) is 3.36. The highest BCUT2D eigenvalue weighted by Crippen LogP contribution is 2.23. The molecule has 0 fully saturated rings. The predicted octanol–water partition coefficient (Wildman–Crippen LogP) is 2.79. The molecule has 1 amide bonds. The van der Waals surface area contributed by atoms with Gasteiger partial charge in [0.25, 0.3) is 0 Å². The van der Waals surface area contributed by atoms with Crippen molar-refractivity contribution >= 4 is 29.6 Å². The van der Waals surface area contributed by atoms with Gasteiger partial charge < -0.3 is 29.8 Å². The Hall–Kier alpha value is -3.74. The highest BCUT2D eigenvalue weighted by molar-refractivity contribution is 7.99. The Kier molecular flexibility index (Phi) is 11.7. The zero-order valence-electron chi connectivity index (χ0n) is 22.9. The minimum Gasteiger partial charge on any atom is -0.469 e. The minimum absolute atomic E-state index is 0.0272. The minimum atomic E-state index is -1.16. The lowest BCUT2D eigenvalue weighted by molar-refractivity contribution is -0.142. The standard InChI is InChI=1S/C28H35N5O6S/c1-28(2,29)26(36)30-22(18-38-16-20-10-6-4-7-11-20)25-31-32-27(33(25)15-14-23(34)37-3)40-19-24(35)39-17-21-12-8-5-9-13-21/h4-13,22H,14-19,29H2,1-3H3,(H,30,36). The van der Waals surface area contributed by atoms with E-state index in [-0.39, 0.29) is 31.9 Å². The number of nitrogens with zero attached hydrogens (tertiary/aromatic N) is 3. The molecule has 3 N–H and O–H groups in total. The molecule has 11 nitrogen and oxygen atoms in total. The summed E-state index contributed by atoms with van der Waals surface area (Å²) in [6, 6.07) is 18.2. The van der Waals surface area contributed by atoms with Crippen LogP contribution in [0.5, 0.6) is 0 Å². The molecule has 1 unspecified atom stereocenters. The Labute approximate surface area is 237 Å². The summed E-state index contributed by atoms with van der Waals surface area (Å²) < 4.78 is 17.8. The molecule has 1 heterocycles. The van der Waals surface area contributed by atoms with E-state index in [0.29, 0.717) is 17.6 Å². The number of hydrogen-bond donors (Lipinski definition) is 2. The molecule has 12 heteroatoms. The van der Waals surface area contributed by atoms with Crippen molar-refractivity contribution in [2.75, 3.05) is 19.5 Å². The average molecular weight is 570 g/mol. The zero-order chi connectivity index (χ0) is 29.0. The lowest BCUT2D eigenvalue weighted by atomic mass is 10.1. The molecule has 3 aromatic rings. The molecule has 0 bridgehead atoms. The van der Waals surface area contributed by atoms with Crippen molar-refractivity contribution in [2.45, 2.75) is 56.8 Å². The molecule has 3 rings (SSSR count). The highest BCUT2D eigenvalue weighted by atomic mass is 32.2. The van der Waals surface area contributed by atoms with E-state index in [4.69, 9.17) is 19.9 Å². The molecular weight excluding hydrogens is 534 g/mol. The number of esters is 2. The van der Waals surface area contributed by atoms with E-state index in [1.165, 1.54) is 7.11 Å². The number of carbonyl (C=O) groups excluding carboxylic acids is 3. The van der Waals surface area contributed by atoms with E-state index in [9.17, 15) is 14.4 Å². The maximum absolute atomic E-state index is 12.8. The summed E-state index contributed by atoms with van der Waals surface area (Å²) in [7, 11) is 1.30. The predicted molar refractivity (Wildman–Crippen MR) is 149 cm³/mol. The maximum Gasteiger partial charge on any atom is 0.316 e. The first kappa shape index (κ1) is 30.8. The Balaban J connectivity index is 1.77. The molecule has 0 aliphatic heterocycles. The first-order valence-electron chi connectivity index (χ1n) is 12.7. The fourth-order valence-electron chi connectivity index (χ4n) is 3.48. The van der Waals surface area contributed by atoms with Crippen molar-refractivity contribution in [2.24, 2.45) is 5.73 Å². The molecule has 1 aromatic heterocycles. The van der Waals surface area contributed by atoms with Crippen LogP contribution in [0.25, 0.3) is 0 Å². The maximum atomic E-state index is 12.8. The Morgan fingerprint density at radius 3 is 2.20 bits per heavy atom. The molecule has 0 aliphatic carbocycles. The molecule has 0 aliphatic rings. The third-order valence-electron chi connectivity index (χ3n) is 5.67. The van der Waals surface area contributed by atoms with E-state index >= 15 is 0 Å². The zero-order valence-corrected chi connectivity index (χ0v) is 23.7. The van der Waals surface area contributed by atoms with Crippen LogP contribution in [-0.4, -0.2) is 57.6 Å². The van der Waals surface area contributed by atoms with Gasteiger partial charge in [0.05, 0.1) is 38.0 Å². The second-order valence-electron chi connectivity index (χ2n) is 9.50. The van der Waals surface area contributed by atoms with Gasteiger partial charge in [-0.25, -0.2) is 0 Å². The second kappa shape index (κ2) is 15.2. The van der Waals surface area contributed by atoms with Crippen LogP contribution in [0.2, 0.25) is 0 Å². The van der Waals surface area contributed by atoms with Gasteiger partial charge in [0.2, 0.25) is 5.91 Å². The molecular formula is C28H35N5O6S. The molecule has 0 saturated carbocycles. The highest BCUT2D eigenvalue weighted by Gasteiger charge is 2.29. The first-order chi connectivity index (χ1) is 19.2. The molecule has 214 valence electrons. The van der Waals surface area contributed by atoms with Crippen molar-refractivity contribution in [1.82, 2.24) is 20.1 Å². The number of carbonyl (C=O) groups is 3. The van der Waals surface area contributed by atoms with Gasteiger partial charge in [0, 0.05) is 6.54 Å². The molecule has 40 heavy (non-hydrogen) atoms. The fraction of sp³-hybridized carbons (Fsp3) is 0.393. The van der Waals surface area contributed by atoms with E-state index < -0.39 is 29.4 Å². The van der Waals surface area contributed by atoms with Crippen LogP contribution in [0.15, 0.2) is 65.8 Å². The third-order valence-corrected chi connectivity index (χ3v) is 6.61. The number of amides is 1. The van der Waals surface area contributed by atoms with Crippen LogP contribution < -0.4 is 11.1 Å². The van der Waals surface area contributed by atoms with Crippen LogP contribution in [0, 0.1) is 0 Å². The number of hydrogen-bond acceptors (Lipinski definition) is 10. The summed E-state index contributed by atoms with van der Waals surface area (Å²) in [4.78, 5) is 37.2. The van der Waals surface area contributed by atoms with Gasteiger partial charge in [0.15, 0.2) is 11.0 Å². The molecule has 1 atom stereocenters. The summed E-state index contributed by atoms with van der Waals surface area (Å²) in [6.07, 6.45) is 0.0292. The molecule has 2 aromatic carbocycles. The first-order valence-corrected chi connectivity index (χ1v) is 13.7. The smallest absolute Gasteiger partial charge is 0.316 e. The Morgan fingerprint density at radius 1 is 0.975 bits per heavy atom. The lowest BCUT2D eigenvalue weighted by Crippen LogP contribution is -2.51. The third kappa shape index (κ3) is 9.78. The largest absolute Gasteiger partial charge is 0.469 e. The van der Waals surface area contributed by atoms with E-state index in [1.54, 1.807) is 18.4 Å². The summed E-state index contributed by atoms with van der Waals surface area (Å²) in [5.74, 6) is -0.946. The van der Waals surface area contributed by atoms with Gasteiger partial charge in [-0.3, -0.25) is 14.4 Å². The summed E-state index contributed by atoms with van der Waals surface area (Å²) >= 11 is 1.12. The van der Waals surface area contributed by atoms with Crippen LogP contribution in [0.4, 0.5) is 0 Å². The van der Waals surface area contributed by atoms with E-state index in [1.807, 2.05) is 60.7 Å². The van der Waals surface area contributed by atoms with Crippen LogP contribution in [-0.2, 0) is 48.4 Å². The number of thioether (sulfide) groups is 1. The molecule has 0 saturated heterocycles. The van der Waals surface area contributed by atoms with Crippen molar-refractivity contribution in [3.63, 3.8) is 0 Å². The number of benzene rings is 2. The Bertz CT molecular complexity index is 1250.